The van der Waals surface area contributed by atoms with Crippen molar-refractivity contribution < 1.29 is 23.2 Å². The number of carboxylic acid groups (broad SMARTS) is 1. The third kappa shape index (κ3) is 2.70. The first kappa shape index (κ1) is 15.9. The molecular weight excluding hydrogens is 324 g/mol. The van der Waals surface area contributed by atoms with Crippen molar-refractivity contribution in [2.24, 2.45) is 5.92 Å². The molecule has 2 heterocycles. The number of nitrogens with zero attached hydrogens (tertiary/aromatic N) is 2. The molecule has 8 nitrogen and oxygen atoms in total. The van der Waals surface area contributed by atoms with Gasteiger partial charge in [-0.2, -0.15) is 4.31 Å². The Morgan fingerprint density at radius 3 is 2.65 bits per heavy atom. The molecule has 2 saturated heterocycles. The molecule has 9 heteroatoms. The monoisotopic (exact) mass is 340 g/mol. The summed E-state index contributed by atoms with van der Waals surface area (Å²) < 4.78 is 26.7. The Bertz CT molecular complexity index is 762. The van der Waals surface area contributed by atoms with Gasteiger partial charge in [0.25, 0.3) is 5.69 Å². The number of nitro benzene ring substituents is 1. The number of para-hydroxylation sites is 1. The van der Waals surface area contributed by atoms with E-state index in [0.717, 1.165) is 0 Å². The summed E-state index contributed by atoms with van der Waals surface area (Å²) in [6.07, 6.45) is 1.48. The summed E-state index contributed by atoms with van der Waals surface area (Å²) in [5.74, 6) is -2.15. The summed E-state index contributed by atoms with van der Waals surface area (Å²) >= 11 is 0. The van der Waals surface area contributed by atoms with Gasteiger partial charge in [0, 0.05) is 23.7 Å². The molecule has 2 bridgehead atoms. The van der Waals surface area contributed by atoms with E-state index in [0.29, 0.717) is 19.3 Å². The van der Waals surface area contributed by atoms with E-state index in [9.17, 15) is 28.4 Å². The fraction of sp³-hybridized carbons (Fsp3) is 0.500. The van der Waals surface area contributed by atoms with Crippen LogP contribution in [0.4, 0.5) is 5.69 Å². The highest BCUT2D eigenvalue weighted by atomic mass is 32.2. The minimum atomic E-state index is -3.81. The topological polar surface area (TPSA) is 118 Å². The van der Waals surface area contributed by atoms with Crippen molar-refractivity contribution in [1.82, 2.24) is 4.31 Å². The van der Waals surface area contributed by atoms with Crippen LogP contribution in [0.3, 0.4) is 0 Å². The van der Waals surface area contributed by atoms with E-state index in [2.05, 4.69) is 0 Å². The Labute approximate surface area is 132 Å². The van der Waals surface area contributed by atoms with Gasteiger partial charge in [0.05, 0.1) is 16.6 Å². The van der Waals surface area contributed by atoms with Gasteiger partial charge >= 0.3 is 5.97 Å². The van der Waals surface area contributed by atoms with Crippen LogP contribution in [0.15, 0.2) is 24.3 Å². The van der Waals surface area contributed by atoms with Crippen molar-refractivity contribution >= 4 is 21.7 Å². The van der Waals surface area contributed by atoms with Gasteiger partial charge in [-0.15, -0.1) is 0 Å². The predicted octanol–water partition coefficient (Wildman–Crippen LogP) is 1.36. The maximum atomic E-state index is 12.7. The van der Waals surface area contributed by atoms with Crippen molar-refractivity contribution in [3.8, 4) is 0 Å². The lowest BCUT2D eigenvalue weighted by Crippen LogP contribution is -2.38. The van der Waals surface area contributed by atoms with E-state index >= 15 is 0 Å². The number of rotatable bonds is 5. The zero-order valence-corrected chi connectivity index (χ0v) is 13.0. The van der Waals surface area contributed by atoms with Gasteiger partial charge in [-0.05, 0) is 19.3 Å². The van der Waals surface area contributed by atoms with Crippen molar-refractivity contribution in [3.63, 3.8) is 0 Å². The molecule has 3 atom stereocenters. The molecule has 124 valence electrons. The summed E-state index contributed by atoms with van der Waals surface area (Å²) in [4.78, 5) is 21.7. The minimum Gasteiger partial charge on any atom is -0.481 e. The smallest absolute Gasteiger partial charge is 0.308 e. The molecule has 0 aliphatic carbocycles. The van der Waals surface area contributed by atoms with Gasteiger partial charge in [-0.1, -0.05) is 18.2 Å². The van der Waals surface area contributed by atoms with Crippen molar-refractivity contribution in [2.75, 3.05) is 0 Å². The number of fused-ring (bicyclic) bond motifs is 2. The molecule has 3 rings (SSSR count). The summed E-state index contributed by atoms with van der Waals surface area (Å²) in [6.45, 7) is 0. The molecule has 1 aromatic carbocycles. The second-order valence-electron chi connectivity index (χ2n) is 5.95. The fourth-order valence-corrected chi connectivity index (χ4v) is 5.82. The Morgan fingerprint density at radius 2 is 2.04 bits per heavy atom. The fourth-order valence-electron chi connectivity index (χ4n) is 3.72. The van der Waals surface area contributed by atoms with Crippen LogP contribution in [0.25, 0.3) is 0 Å². The van der Waals surface area contributed by atoms with Gasteiger partial charge in [0.1, 0.15) is 0 Å². The number of sulfonamides is 1. The van der Waals surface area contributed by atoms with Crippen molar-refractivity contribution in [2.45, 2.75) is 37.1 Å². The van der Waals surface area contributed by atoms with E-state index in [1.54, 1.807) is 6.07 Å². The van der Waals surface area contributed by atoms with E-state index in [1.165, 1.54) is 22.5 Å². The average molecular weight is 340 g/mol. The van der Waals surface area contributed by atoms with E-state index in [1.807, 2.05) is 0 Å². The van der Waals surface area contributed by atoms with Crippen LogP contribution in [0.1, 0.15) is 24.8 Å². The molecule has 1 aromatic rings. The van der Waals surface area contributed by atoms with Gasteiger partial charge in [-0.3, -0.25) is 14.9 Å². The summed E-state index contributed by atoms with van der Waals surface area (Å²) in [7, 11) is -3.81. The first-order valence-corrected chi connectivity index (χ1v) is 8.88. The van der Waals surface area contributed by atoms with Crippen LogP contribution in [-0.4, -0.2) is 40.8 Å². The zero-order valence-electron chi connectivity index (χ0n) is 12.2. The number of nitro groups is 1. The zero-order chi connectivity index (χ0) is 16.8. The first-order valence-electron chi connectivity index (χ1n) is 7.27. The number of hydrogen-bond acceptors (Lipinski definition) is 5. The first-order chi connectivity index (χ1) is 10.8. The second kappa shape index (κ2) is 5.57. The number of benzene rings is 1. The molecule has 0 spiro atoms. The average Bonchev–Trinajstić information content (AvgIpc) is 3.05. The van der Waals surface area contributed by atoms with Gasteiger partial charge in [0.2, 0.25) is 10.0 Å². The lowest BCUT2D eigenvalue weighted by atomic mass is 9.89. The SMILES string of the molecule is O=C(O)C1CC2CCC1N2S(=O)(=O)Cc1ccccc1[N+](=O)[O-]. The van der Waals surface area contributed by atoms with Gasteiger partial charge < -0.3 is 5.11 Å². The quantitative estimate of drug-likeness (QED) is 0.639. The Balaban J connectivity index is 1.89. The largest absolute Gasteiger partial charge is 0.481 e. The summed E-state index contributed by atoms with van der Waals surface area (Å²) in [5.41, 5.74) is -0.118. The summed E-state index contributed by atoms with van der Waals surface area (Å²) in [5, 5.41) is 20.2. The highest BCUT2D eigenvalue weighted by Crippen LogP contribution is 2.44. The van der Waals surface area contributed by atoms with Crippen LogP contribution in [-0.2, 0) is 20.6 Å². The highest BCUT2D eigenvalue weighted by molar-refractivity contribution is 7.88. The molecule has 3 unspecified atom stereocenters. The third-order valence-corrected chi connectivity index (χ3v) is 6.52. The lowest BCUT2D eigenvalue weighted by Gasteiger charge is -2.22. The standard InChI is InChI=1S/C14H16N2O6S/c17-14(18)11-7-10-5-6-13(11)15(10)23(21,22)8-9-3-1-2-4-12(9)16(19)20/h1-4,10-11,13H,5-8H2,(H,17,18). The molecular formula is C14H16N2O6S. The maximum Gasteiger partial charge on any atom is 0.308 e. The molecule has 1 N–H and O–H groups in total. The van der Waals surface area contributed by atoms with E-state index in [-0.39, 0.29) is 17.3 Å². The molecule has 2 aliphatic rings. The van der Waals surface area contributed by atoms with Crippen LogP contribution < -0.4 is 0 Å². The molecule has 0 radical (unpaired) electrons. The number of carboxylic acids is 1. The Kier molecular flexibility index (Phi) is 3.85. The number of carbonyl (C=O) groups is 1. The lowest BCUT2D eigenvalue weighted by molar-refractivity contribution is -0.385. The molecule has 0 aromatic heterocycles. The maximum absolute atomic E-state index is 12.7. The van der Waals surface area contributed by atoms with Gasteiger partial charge in [0.15, 0.2) is 0 Å². The number of aliphatic carboxylic acids is 1. The Hall–Kier alpha value is -2.00. The van der Waals surface area contributed by atoms with E-state index in [4.69, 9.17) is 0 Å². The van der Waals surface area contributed by atoms with Crippen LogP contribution >= 0.6 is 0 Å². The highest BCUT2D eigenvalue weighted by Gasteiger charge is 2.54. The molecule has 0 saturated carbocycles. The predicted molar refractivity (Wildman–Crippen MR) is 80.1 cm³/mol. The molecule has 2 fully saturated rings. The minimum absolute atomic E-state index is 0.121. The van der Waals surface area contributed by atoms with Crippen molar-refractivity contribution in [1.29, 1.82) is 0 Å². The van der Waals surface area contributed by atoms with Gasteiger partial charge in [-0.25, -0.2) is 8.42 Å². The van der Waals surface area contributed by atoms with Crippen molar-refractivity contribution in [3.05, 3.63) is 39.9 Å². The van der Waals surface area contributed by atoms with Crippen LogP contribution in [0.2, 0.25) is 0 Å². The molecule has 2 aliphatic heterocycles. The van der Waals surface area contributed by atoms with Crippen LogP contribution in [0, 0.1) is 16.0 Å². The summed E-state index contributed by atoms with van der Waals surface area (Å²) in [6, 6.07) is 4.87. The Morgan fingerprint density at radius 1 is 1.35 bits per heavy atom. The van der Waals surface area contributed by atoms with E-state index < -0.39 is 38.6 Å². The van der Waals surface area contributed by atoms with Crippen LogP contribution in [0.5, 0.6) is 0 Å². The normalized spacial score (nSPS) is 27.2. The molecule has 23 heavy (non-hydrogen) atoms. The second-order valence-corrected chi connectivity index (χ2v) is 7.83. The number of hydrogen-bond donors (Lipinski definition) is 1. The third-order valence-electron chi connectivity index (χ3n) is 4.64. The molecule has 0 amide bonds.